The summed E-state index contributed by atoms with van der Waals surface area (Å²) in [6.07, 6.45) is 1.63. The number of nitrogens with one attached hydrogen (secondary N) is 1. The summed E-state index contributed by atoms with van der Waals surface area (Å²) in [5.74, 6) is -0.179. The third kappa shape index (κ3) is 4.16. The molecule has 1 saturated heterocycles. The molecule has 0 atom stereocenters. The Hall–Kier alpha value is -0.690. The number of nitrogens with zero attached hydrogens (tertiary/aromatic N) is 1. The first-order valence-electron chi connectivity index (χ1n) is 6.86. The summed E-state index contributed by atoms with van der Waals surface area (Å²) >= 11 is 0. The molecule has 1 aromatic rings. The summed E-state index contributed by atoms with van der Waals surface area (Å²) in [4.78, 5) is -0.204. The fraction of sp³-hybridized carbons (Fsp3) is 0.571. The third-order valence-corrected chi connectivity index (χ3v) is 5.68. The van der Waals surface area contributed by atoms with Crippen molar-refractivity contribution in [2.45, 2.75) is 24.7 Å². The quantitative estimate of drug-likeness (QED) is 0.916. The van der Waals surface area contributed by atoms with Crippen molar-refractivity contribution >= 4 is 22.4 Å². The average molecular weight is 337 g/mol. The van der Waals surface area contributed by atoms with Gasteiger partial charge in [-0.25, -0.2) is 12.8 Å². The van der Waals surface area contributed by atoms with Gasteiger partial charge in [-0.1, -0.05) is 6.07 Å². The van der Waals surface area contributed by atoms with Crippen LogP contribution in [0.1, 0.15) is 18.4 Å². The molecule has 4 nitrogen and oxygen atoms in total. The molecular formula is C14H22ClFN2O2S. The summed E-state index contributed by atoms with van der Waals surface area (Å²) in [7, 11) is -1.82. The predicted molar refractivity (Wildman–Crippen MR) is 83.8 cm³/mol. The Labute approximate surface area is 132 Å². The van der Waals surface area contributed by atoms with Crippen molar-refractivity contribution in [1.82, 2.24) is 9.62 Å². The number of halogens is 2. The highest BCUT2D eigenvalue weighted by atomic mass is 35.5. The van der Waals surface area contributed by atoms with Crippen LogP contribution in [0, 0.1) is 18.7 Å². The smallest absolute Gasteiger partial charge is 0.245 e. The molecule has 2 rings (SSSR count). The zero-order valence-corrected chi connectivity index (χ0v) is 13.9. The molecule has 0 aliphatic carbocycles. The van der Waals surface area contributed by atoms with Crippen LogP contribution in [0.3, 0.4) is 0 Å². The molecule has 0 unspecified atom stereocenters. The number of hydrogen-bond donors (Lipinski definition) is 1. The van der Waals surface area contributed by atoms with Crippen molar-refractivity contribution in [3.63, 3.8) is 0 Å². The average Bonchev–Trinajstić information content (AvgIpc) is 2.42. The molecular weight excluding hydrogens is 315 g/mol. The van der Waals surface area contributed by atoms with Crippen molar-refractivity contribution in [2.75, 3.05) is 26.7 Å². The largest absolute Gasteiger partial charge is 0.319 e. The molecule has 0 spiro atoms. The van der Waals surface area contributed by atoms with Crippen molar-refractivity contribution in [3.05, 3.63) is 29.6 Å². The second kappa shape index (κ2) is 7.54. The van der Waals surface area contributed by atoms with Crippen LogP contribution in [-0.2, 0) is 10.0 Å². The summed E-state index contributed by atoms with van der Waals surface area (Å²) < 4.78 is 40.2. The number of rotatable bonds is 4. The van der Waals surface area contributed by atoms with E-state index in [0.717, 1.165) is 24.9 Å². The van der Waals surface area contributed by atoms with E-state index in [0.29, 0.717) is 19.0 Å². The number of benzene rings is 1. The summed E-state index contributed by atoms with van der Waals surface area (Å²) in [5.41, 5.74) is 0.745. The van der Waals surface area contributed by atoms with Crippen LogP contribution in [0.15, 0.2) is 23.1 Å². The van der Waals surface area contributed by atoms with E-state index in [-0.39, 0.29) is 17.3 Å². The van der Waals surface area contributed by atoms with Gasteiger partial charge in [-0.05, 0) is 57.0 Å². The highest BCUT2D eigenvalue weighted by molar-refractivity contribution is 7.89. The lowest BCUT2D eigenvalue weighted by Crippen LogP contribution is -2.40. The van der Waals surface area contributed by atoms with Crippen LogP contribution in [-0.4, -0.2) is 39.4 Å². The van der Waals surface area contributed by atoms with Crippen LogP contribution >= 0.6 is 12.4 Å². The van der Waals surface area contributed by atoms with Gasteiger partial charge >= 0.3 is 0 Å². The third-order valence-electron chi connectivity index (χ3n) is 3.77. The lowest BCUT2D eigenvalue weighted by Gasteiger charge is -2.31. The maximum absolute atomic E-state index is 13.8. The molecule has 120 valence electrons. The lowest BCUT2D eigenvalue weighted by atomic mass is 9.98. The van der Waals surface area contributed by atoms with E-state index in [1.165, 1.54) is 16.4 Å². The van der Waals surface area contributed by atoms with Gasteiger partial charge in [0.2, 0.25) is 10.0 Å². The summed E-state index contributed by atoms with van der Waals surface area (Å²) in [6, 6.07) is 4.20. The molecule has 0 bridgehead atoms. The van der Waals surface area contributed by atoms with E-state index >= 15 is 0 Å². The zero-order chi connectivity index (χ0) is 14.8. The van der Waals surface area contributed by atoms with E-state index in [2.05, 4.69) is 5.32 Å². The Balaban J connectivity index is 0.00000220. The molecule has 0 radical (unpaired) electrons. The highest BCUT2D eigenvalue weighted by Crippen LogP contribution is 2.25. The van der Waals surface area contributed by atoms with E-state index in [4.69, 9.17) is 0 Å². The van der Waals surface area contributed by atoms with E-state index in [1.807, 2.05) is 7.05 Å². The van der Waals surface area contributed by atoms with Gasteiger partial charge in [0.05, 0.1) is 0 Å². The first-order valence-corrected chi connectivity index (χ1v) is 8.30. The van der Waals surface area contributed by atoms with Crippen LogP contribution in [0.25, 0.3) is 0 Å². The summed E-state index contributed by atoms with van der Waals surface area (Å²) in [5, 5.41) is 3.11. The molecule has 0 saturated carbocycles. The molecule has 1 heterocycles. The van der Waals surface area contributed by atoms with E-state index < -0.39 is 15.8 Å². The minimum atomic E-state index is -3.72. The Morgan fingerprint density at radius 3 is 2.52 bits per heavy atom. The molecule has 1 fully saturated rings. The molecule has 0 amide bonds. The Morgan fingerprint density at radius 1 is 1.33 bits per heavy atom. The zero-order valence-electron chi connectivity index (χ0n) is 12.3. The number of piperidine rings is 1. The molecule has 1 aromatic carbocycles. The molecule has 0 aromatic heterocycles. The minimum absolute atomic E-state index is 0. The fourth-order valence-electron chi connectivity index (χ4n) is 2.59. The Kier molecular flexibility index (Phi) is 6.59. The van der Waals surface area contributed by atoms with Gasteiger partial charge in [0.1, 0.15) is 10.7 Å². The molecule has 1 aliphatic rings. The Morgan fingerprint density at radius 2 is 1.95 bits per heavy atom. The van der Waals surface area contributed by atoms with Gasteiger partial charge < -0.3 is 5.32 Å². The monoisotopic (exact) mass is 336 g/mol. The first kappa shape index (κ1) is 18.4. The Bertz CT molecular complexity index is 572. The van der Waals surface area contributed by atoms with Crippen molar-refractivity contribution < 1.29 is 12.8 Å². The highest BCUT2D eigenvalue weighted by Gasteiger charge is 2.31. The van der Waals surface area contributed by atoms with Gasteiger partial charge in [-0.3, -0.25) is 0 Å². The fourth-order valence-corrected chi connectivity index (χ4v) is 4.21. The van der Waals surface area contributed by atoms with Crippen LogP contribution < -0.4 is 5.32 Å². The maximum Gasteiger partial charge on any atom is 0.245 e. The van der Waals surface area contributed by atoms with Gasteiger partial charge in [0.25, 0.3) is 0 Å². The SMILES string of the molecule is CNCC1CCN(S(=O)(=O)c2cc(C)ccc2F)CC1.Cl. The first-order chi connectivity index (χ1) is 9.45. The molecule has 1 N–H and O–H groups in total. The molecule has 21 heavy (non-hydrogen) atoms. The topological polar surface area (TPSA) is 49.4 Å². The van der Waals surface area contributed by atoms with Crippen LogP contribution in [0.2, 0.25) is 0 Å². The van der Waals surface area contributed by atoms with Crippen molar-refractivity contribution in [2.24, 2.45) is 5.92 Å². The minimum Gasteiger partial charge on any atom is -0.319 e. The van der Waals surface area contributed by atoms with Crippen molar-refractivity contribution in [1.29, 1.82) is 0 Å². The molecule has 1 aliphatic heterocycles. The second-order valence-corrected chi connectivity index (χ2v) is 7.25. The number of sulfonamides is 1. The van der Waals surface area contributed by atoms with Gasteiger partial charge in [-0.2, -0.15) is 4.31 Å². The maximum atomic E-state index is 13.8. The van der Waals surface area contributed by atoms with E-state index in [9.17, 15) is 12.8 Å². The van der Waals surface area contributed by atoms with Crippen molar-refractivity contribution in [3.8, 4) is 0 Å². The van der Waals surface area contributed by atoms with Gasteiger partial charge in [0.15, 0.2) is 0 Å². The second-order valence-electron chi connectivity index (χ2n) is 5.34. The summed E-state index contributed by atoms with van der Waals surface area (Å²) in [6.45, 7) is 3.58. The standard InChI is InChI=1S/C14H21FN2O2S.ClH/c1-11-3-4-13(15)14(9-11)20(18,19)17-7-5-12(6-8-17)10-16-2;/h3-4,9,12,16H,5-8,10H2,1-2H3;1H. The predicted octanol–water partition coefficient (Wildman–Crippen LogP) is 2.18. The van der Waals surface area contributed by atoms with Crippen LogP contribution in [0.5, 0.6) is 0 Å². The number of hydrogen-bond acceptors (Lipinski definition) is 3. The lowest BCUT2D eigenvalue weighted by molar-refractivity contribution is 0.270. The van der Waals surface area contributed by atoms with E-state index in [1.54, 1.807) is 13.0 Å². The van der Waals surface area contributed by atoms with Crippen LogP contribution in [0.4, 0.5) is 4.39 Å². The van der Waals surface area contributed by atoms with Gasteiger partial charge in [0, 0.05) is 13.1 Å². The number of aryl methyl sites for hydroxylation is 1. The normalized spacial score (nSPS) is 17.5. The van der Waals surface area contributed by atoms with Gasteiger partial charge in [-0.15, -0.1) is 12.4 Å². The molecule has 7 heteroatoms.